The zero-order valence-corrected chi connectivity index (χ0v) is 11.9. The van der Waals surface area contributed by atoms with E-state index in [0.29, 0.717) is 6.42 Å². The summed E-state index contributed by atoms with van der Waals surface area (Å²) in [7, 11) is 1.41. The van der Waals surface area contributed by atoms with Crippen LogP contribution in [0.2, 0.25) is 0 Å². The third-order valence-corrected chi connectivity index (χ3v) is 2.98. The summed E-state index contributed by atoms with van der Waals surface area (Å²) in [5, 5.41) is 0. The number of likely N-dealkylation sites (N-methyl/N-ethyl adjacent to an activating group) is 1. The second-order valence-electron chi connectivity index (χ2n) is 4.22. The Hall–Kier alpha value is -1.68. The van der Waals surface area contributed by atoms with Crippen LogP contribution in [0.4, 0.5) is 0 Å². The summed E-state index contributed by atoms with van der Waals surface area (Å²) in [6, 6.07) is 5.90. The van der Waals surface area contributed by atoms with Crippen LogP contribution in [0.5, 0.6) is 0 Å². The second kappa shape index (κ2) is 8.43. The largest absolute Gasteiger partial charge is 0.466 e. The van der Waals surface area contributed by atoms with Crippen LogP contribution >= 0.6 is 0 Å². The molecule has 0 saturated carbocycles. The molecular weight excluding hydrogens is 240 g/mol. The number of esters is 1. The van der Waals surface area contributed by atoms with Gasteiger partial charge in [-0.3, -0.25) is 9.88 Å². The molecule has 0 amide bonds. The first-order valence-corrected chi connectivity index (χ1v) is 6.60. The molecule has 0 unspecified atom stereocenters. The van der Waals surface area contributed by atoms with Crippen molar-refractivity contribution in [3.05, 3.63) is 41.7 Å². The zero-order valence-electron chi connectivity index (χ0n) is 11.9. The molecule has 4 nitrogen and oxygen atoms in total. The number of carbonyl (C=O) groups excluding carboxylic acids is 1. The molecular formula is C15H22N2O2. The average Bonchev–Trinajstić information content (AvgIpc) is 2.47. The molecule has 0 bridgehead atoms. The first kappa shape index (κ1) is 15.4. The lowest BCUT2D eigenvalue weighted by molar-refractivity contribution is -0.136. The number of nitrogens with zero attached hydrogens (tertiary/aromatic N) is 2. The Morgan fingerprint density at radius 2 is 2.21 bits per heavy atom. The molecule has 1 aromatic heterocycles. The number of pyridine rings is 1. The van der Waals surface area contributed by atoms with E-state index in [4.69, 9.17) is 4.74 Å². The molecule has 1 aromatic rings. The van der Waals surface area contributed by atoms with Crippen LogP contribution in [0.3, 0.4) is 0 Å². The standard InChI is InChI=1S/C15H22N2O2/c1-4-13(15(18)19-3)9-11-17(5-2)12-14-8-6-7-10-16-14/h6-10H,4-5,11-12H2,1-3H3. The van der Waals surface area contributed by atoms with Crippen molar-refractivity contribution in [2.45, 2.75) is 26.8 Å². The Bertz CT molecular complexity index is 415. The van der Waals surface area contributed by atoms with Gasteiger partial charge in [-0.1, -0.05) is 26.0 Å². The molecule has 0 aromatic carbocycles. The summed E-state index contributed by atoms with van der Waals surface area (Å²) in [4.78, 5) is 18.0. The van der Waals surface area contributed by atoms with E-state index in [1.807, 2.05) is 31.2 Å². The van der Waals surface area contributed by atoms with E-state index >= 15 is 0 Å². The molecule has 0 radical (unpaired) electrons. The van der Waals surface area contributed by atoms with Crippen LogP contribution in [-0.4, -0.2) is 36.1 Å². The smallest absolute Gasteiger partial charge is 0.333 e. The Morgan fingerprint density at radius 1 is 1.42 bits per heavy atom. The minimum atomic E-state index is -0.239. The summed E-state index contributed by atoms with van der Waals surface area (Å²) in [5.74, 6) is -0.239. The minimum Gasteiger partial charge on any atom is -0.466 e. The van der Waals surface area contributed by atoms with E-state index in [9.17, 15) is 4.79 Å². The van der Waals surface area contributed by atoms with Crippen LogP contribution in [0.15, 0.2) is 36.0 Å². The van der Waals surface area contributed by atoms with Crippen molar-refractivity contribution in [1.29, 1.82) is 0 Å². The molecule has 1 heterocycles. The van der Waals surface area contributed by atoms with E-state index in [1.54, 1.807) is 6.20 Å². The van der Waals surface area contributed by atoms with Crippen LogP contribution in [0.1, 0.15) is 26.0 Å². The Kier molecular flexibility index (Phi) is 6.82. The van der Waals surface area contributed by atoms with Crippen molar-refractivity contribution in [2.24, 2.45) is 0 Å². The highest BCUT2D eigenvalue weighted by Gasteiger charge is 2.08. The van der Waals surface area contributed by atoms with E-state index in [0.717, 1.165) is 30.9 Å². The van der Waals surface area contributed by atoms with Crippen LogP contribution in [0, 0.1) is 0 Å². The fraction of sp³-hybridized carbons (Fsp3) is 0.467. The molecule has 1 rings (SSSR count). The van der Waals surface area contributed by atoms with Gasteiger partial charge < -0.3 is 4.74 Å². The van der Waals surface area contributed by atoms with Gasteiger partial charge in [0.15, 0.2) is 0 Å². The molecule has 0 saturated heterocycles. The lowest BCUT2D eigenvalue weighted by Crippen LogP contribution is -2.24. The minimum absolute atomic E-state index is 0.239. The Balaban J connectivity index is 2.61. The average molecular weight is 262 g/mol. The SMILES string of the molecule is CCC(=CCN(CC)Cc1ccccn1)C(=O)OC. The molecule has 19 heavy (non-hydrogen) atoms. The van der Waals surface area contributed by atoms with Gasteiger partial charge in [-0.05, 0) is 25.1 Å². The lowest BCUT2D eigenvalue weighted by Gasteiger charge is -2.18. The van der Waals surface area contributed by atoms with Crippen molar-refractivity contribution < 1.29 is 9.53 Å². The molecule has 0 spiro atoms. The van der Waals surface area contributed by atoms with Crippen molar-refractivity contribution >= 4 is 5.97 Å². The van der Waals surface area contributed by atoms with Gasteiger partial charge in [0.2, 0.25) is 0 Å². The third kappa shape index (κ3) is 5.22. The maximum absolute atomic E-state index is 11.5. The summed E-state index contributed by atoms with van der Waals surface area (Å²) >= 11 is 0. The lowest BCUT2D eigenvalue weighted by atomic mass is 10.2. The van der Waals surface area contributed by atoms with E-state index in [1.165, 1.54) is 7.11 Å². The summed E-state index contributed by atoms with van der Waals surface area (Å²) in [5.41, 5.74) is 1.76. The number of methoxy groups -OCH3 is 1. The topological polar surface area (TPSA) is 42.4 Å². The molecule has 0 aliphatic carbocycles. The van der Waals surface area contributed by atoms with Crippen molar-refractivity contribution in [3.63, 3.8) is 0 Å². The number of carbonyl (C=O) groups is 1. The summed E-state index contributed by atoms with van der Waals surface area (Å²) in [6.07, 6.45) is 4.43. The quantitative estimate of drug-likeness (QED) is 0.559. The van der Waals surface area contributed by atoms with E-state index in [-0.39, 0.29) is 5.97 Å². The zero-order chi connectivity index (χ0) is 14.1. The first-order valence-electron chi connectivity index (χ1n) is 6.60. The Morgan fingerprint density at radius 3 is 2.74 bits per heavy atom. The molecule has 104 valence electrons. The molecule has 4 heteroatoms. The number of hydrogen-bond acceptors (Lipinski definition) is 4. The van der Waals surface area contributed by atoms with Gasteiger partial charge in [0.1, 0.15) is 0 Å². The number of aromatic nitrogens is 1. The van der Waals surface area contributed by atoms with Gasteiger partial charge in [-0.25, -0.2) is 4.79 Å². The van der Waals surface area contributed by atoms with Crippen molar-refractivity contribution in [3.8, 4) is 0 Å². The number of hydrogen-bond donors (Lipinski definition) is 0. The van der Waals surface area contributed by atoms with Gasteiger partial charge in [0.05, 0.1) is 12.8 Å². The molecule has 0 aliphatic heterocycles. The normalized spacial score (nSPS) is 11.7. The highest BCUT2D eigenvalue weighted by atomic mass is 16.5. The second-order valence-corrected chi connectivity index (χ2v) is 4.22. The van der Waals surface area contributed by atoms with Crippen molar-refractivity contribution in [2.75, 3.05) is 20.2 Å². The number of rotatable bonds is 7. The molecule has 0 fully saturated rings. The monoisotopic (exact) mass is 262 g/mol. The van der Waals surface area contributed by atoms with Crippen molar-refractivity contribution in [1.82, 2.24) is 9.88 Å². The van der Waals surface area contributed by atoms with E-state index < -0.39 is 0 Å². The molecule has 0 aliphatic rings. The molecule has 0 atom stereocenters. The van der Waals surface area contributed by atoms with Gasteiger partial charge >= 0.3 is 5.97 Å². The maximum Gasteiger partial charge on any atom is 0.333 e. The van der Waals surface area contributed by atoms with Gasteiger partial charge in [0.25, 0.3) is 0 Å². The van der Waals surface area contributed by atoms with Crippen LogP contribution in [0.25, 0.3) is 0 Å². The highest BCUT2D eigenvalue weighted by Crippen LogP contribution is 2.06. The summed E-state index contributed by atoms with van der Waals surface area (Å²) in [6.45, 7) is 6.47. The van der Waals surface area contributed by atoms with E-state index in [2.05, 4.69) is 16.8 Å². The third-order valence-electron chi connectivity index (χ3n) is 2.98. The highest BCUT2D eigenvalue weighted by molar-refractivity contribution is 5.88. The van der Waals surface area contributed by atoms with Gasteiger partial charge in [-0.2, -0.15) is 0 Å². The maximum atomic E-state index is 11.5. The predicted octanol–water partition coefficient (Wildman–Crippen LogP) is 2.41. The van der Waals surface area contributed by atoms with Crippen LogP contribution in [-0.2, 0) is 16.1 Å². The fourth-order valence-electron chi connectivity index (χ4n) is 1.77. The summed E-state index contributed by atoms with van der Waals surface area (Å²) < 4.78 is 4.75. The number of ether oxygens (including phenoxy) is 1. The Labute approximate surface area is 115 Å². The van der Waals surface area contributed by atoms with Gasteiger partial charge in [-0.15, -0.1) is 0 Å². The van der Waals surface area contributed by atoms with Crippen LogP contribution < -0.4 is 0 Å². The van der Waals surface area contributed by atoms with Gasteiger partial charge in [0, 0.05) is 24.9 Å². The fourth-order valence-corrected chi connectivity index (χ4v) is 1.77. The molecule has 0 N–H and O–H groups in total. The predicted molar refractivity (Wildman–Crippen MR) is 75.6 cm³/mol. The first-order chi connectivity index (χ1) is 9.21.